The minimum atomic E-state index is -4.18. The molecule has 1 heterocycles. The average Bonchev–Trinajstić information content (AvgIpc) is 3.27. The molecule has 2 fully saturated rings. The predicted molar refractivity (Wildman–Crippen MR) is 114 cm³/mol. The van der Waals surface area contributed by atoms with Gasteiger partial charge in [-0.25, -0.2) is 0 Å². The van der Waals surface area contributed by atoms with Crippen LogP contribution in [0.25, 0.3) is 0 Å². The minimum absolute atomic E-state index is 0.0399. The summed E-state index contributed by atoms with van der Waals surface area (Å²) in [6.07, 6.45) is -1.35. The second-order valence-electron chi connectivity index (χ2n) is 10.2. The number of carbonyl (C=O) groups excluding carboxylic acids is 1. The quantitative estimate of drug-likeness (QED) is 0.645. The van der Waals surface area contributed by atoms with Gasteiger partial charge in [0.1, 0.15) is 5.71 Å². The molecule has 4 rings (SSSR count). The number of hydrogen-bond acceptors (Lipinski definition) is 3. The molecule has 0 spiro atoms. The molecule has 1 aromatic carbocycles. The molecule has 2 aliphatic carbocycles. The van der Waals surface area contributed by atoms with Crippen molar-refractivity contribution in [3.05, 3.63) is 35.9 Å². The average molecular weight is 436 g/mol. The van der Waals surface area contributed by atoms with E-state index in [1.165, 1.54) is 6.42 Å². The lowest BCUT2D eigenvalue weighted by Crippen LogP contribution is -2.48. The fourth-order valence-electron chi connectivity index (χ4n) is 5.97. The number of alkyl halides is 3. The van der Waals surface area contributed by atoms with Gasteiger partial charge in [-0.2, -0.15) is 18.3 Å². The van der Waals surface area contributed by atoms with E-state index >= 15 is 0 Å². The number of halogens is 3. The van der Waals surface area contributed by atoms with Crippen molar-refractivity contribution < 1.29 is 18.0 Å². The maximum atomic E-state index is 13.1. The zero-order valence-electron chi connectivity index (χ0n) is 18.5. The van der Waals surface area contributed by atoms with Crippen LogP contribution in [0.4, 0.5) is 13.2 Å². The van der Waals surface area contributed by atoms with Crippen LogP contribution >= 0.6 is 0 Å². The van der Waals surface area contributed by atoms with Crippen LogP contribution in [0.15, 0.2) is 35.4 Å². The molecular formula is C24H32F3N3O. The normalized spacial score (nSPS) is 31.7. The second-order valence-corrected chi connectivity index (χ2v) is 10.2. The van der Waals surface area contributed by atoms with E-state index in [1.807, 2.05) is 30.3 Å². The standard InChI is InChI=1S/C24H32F3N3O/c1-22(2)17-10-12-23(22,3)20(14-17)28-21(31)18-15-19(16-8-5-4-6-9-16)30(29-18)13-7-11-24(25,26)27/h4-6,8-9,17,19-20H,7,10-15H2,1-3H3,(H,28,31)/t17-,19?,20+,23+/m1/s1. The number of fused-ring (bicyclic) bond motifs is 2. The summed E-state index contributed by atoms with van der Waals surface area (Å²) in [5, 5.41) is 9.41. The second kappa shape index (κ2) is 7.82. The van der Waals surface area contributed by atoms with E-state index in [0.29, 0.717) is 18.1 Å². The van der Waals surface area contributed by atoms with E-state index in [2.05, 4.69) is 31.2 Å². The number of carbonyl (C=O) groups is 1. The highest BCUT2D eigenvalue weighted by Crippen LogP contribution is 2.65. The van der Waals surface area contributed by atoms with Crippen molar-refractivity contribution in [1.29, 1.82) is 0 Å². The van der Waals surface area contributed by atoms with Crippen LogP contribution in [0.1, 0.15) is 70.9 Å². The van der Waals surface area contributed by atoms with Crippen molar-refractivity contribution >= 4 is 11.6 Å². The summed E-state index contributed by atoms with van der Waals surface area (Å²) in [5.74, 6) is 0.443. The molecule has 1 amide bonds. The van der Waals surface area contributed by atoms with Crippen LogP contribution in [0.5, 0.6) is 0 Å². The van der Waals surface area contributed by atoms with Crippen LogP contribution in [0, 0.1) is 16.7 Å². The molecule has 4 atom stereocenters. The monoisotopic (exact) mass is 435 g/mol. The zero-order chi connectivity index (χ0) is 22.4. The predicted octanol–water partition coefficient (Wildman–Crippen LogP) is 5.46. The highest BCUT2D eigenvalue weighted by molar-refractivity contribution is 6.39. The highest BCUT2D eigenvalue weighted by atomic mass is 19.4. The molecule has 31 heavy (non-hydrogen) atoms. The fourth-order valence-corrected chi connectivity index (χ4v) is 5.97. The molecule has 1 aliphatic heterocycles. The number of nitrogens with one attached hydrogen (secondary N) is 1. The number of hydrazone groups is 1. The third-order valence-corrected chi connectivity index (χ3v) is 8.39. The first-order valence-electron chi connectivity index (χ1n) is 11.3. The van der Waals surface area contributed by atoms with Crippen LogP contribution in [-0.2, 0) is 4.79 Å². The van der Waals surface area contributed by atoms with Gasteiger partial charge in [0.05, 0.1) is 6.04 Å². The SMILES string of the molecule is CC1(C)[C@@H]2CC[C@@]1(C)[C@@H](NC(=O)C1=NN(CCCC(F)(F)F)C(c3ccccc3)C1)C2. The van der Waals surface area contributed by atoms with Gasteiger partial charge in [-0.15, -0.1) is 0 Å². The topological polar surface area (TPSA) is 44.7 Å². The number of amides is 1. The van der Waals surface area contributed by atoms with Gasteiger partial charge in [-0.1, -0.05) is 51.1 Å². The van der Waals surface area contributed by atoms with Gasteiger partial charge in [0.15, 0.2) is 0 Å². The Morgan fingerprint density at radius 1 is 1.23 bits per heavy atom. The summed E-state index contributed by atoms with van der Waals surface area (Å²) < 4.78 is 37.9. The van der Waals surface area contributed by atoms with Gasteiger partial charge in [-0.05, 0) is 48.0 Å². The molecule has 0 radical (unpaired) electrons. The first kappa shape index (κ1) is 22.2. The Hall–Kier alpha value is -2.05. The maximum Gasteiger partial charge on any atom is 0.389 e. The van der Waals surface area contributed by atoms with Gasteiger partial charge < -0.3 is 5.32 Å². The molecule has 0 aromatic heterocycles. The molecule has 3 aliphatic rings. The van der Waals surface area contributed by atoms with E-state index in [9.17, 15) is 18.0 Å². The number of nitrogens with zero attached hydrogens (tertiary/aromatic N) is 2. The van der Waals surface area contributed by atoms with Crippen molar-refractivity contribution in [3.8, 4) is 0 Å². The zero-order valence-corrected chi connectivity index (χ0v) is 18.5. The molecule has 4 nitrogen and oxygen atoms in total. The Bertz CT molecular complexity index is 851. The molecule has 2 saturated carbocycles. The first-order valence-corrected chi connectivity index (χ1v) is 11.3. The van der Waals surface area contributed by atoms with Crippen LogP contribution < -0.4 is 5.32 Å². The Balaban J connectivity index is 1.47. The molecular weight excluding hydrogens is 403 g/mol. The summed E-state index contributed by atoms with van der Waals surface area (Å²) in [4.78, 5) is 13.1. The van der Waals surface area contributed by atoms with Crippen molar-refractivity contribution in [2.45, 2.75) is 77.6 Å². The van der Waals surface area contributed by atoms with Gasteiger partial charge in [-0.3, -0.25) is 9.80 Å². The third-order valence-electron chi connectivity index (χ3n) is 8.39. The Morgan fingerprint density at radius 3 is 2.52 bits per heavy atom. The molecule has 2 bridgehead atoms. The smallest absolute Gasteiger partial charge is 0.348 e. The minimum Gasteiger partial charge on any atom is -0.348 e. The molecule has 1 aromatic rings. The van der Waals surface area contributed by atoms with Gasteiger partial charge in [0.2, 0.25) is 0 Å². The molecule has 7 heteroatoms. The van der Waals surface area contributed by atoms with E-state index in [1.54, 1.807) is 5.01 Å². The van der Waals surface area contributed by atoms with Gasteiger partial charge in [0.25, 0.3) is 5.91 Å². The van der Waals surface area contributed by atoms with Crippen LogP contribution in [0.2, 0.25) is 0 Å². The lowest BCUT2D eigenvalue weighted by atomic mass is 9.69. The third kappa shape index (κ3) is 4.08. The first-order chi connectivity index (χ1) is 14.5. The molecule has 0 saturated heterocycles. The number of benzene rings is 1. The Labute approximate surface area is 182 Å². The van der Waals surface area contributed by atoms with Crippen molar-refractivity contribution in [1.82, 2.24) is 10.3 Å². The van der Waals surface area contributed by atoms with Crippen LogP contribution in [0.3, 0.4) is 0 Å². The van der Waals surface area contributed by atoms with Crippen molar-refractivity contribution in [2.75, 3.05) is 6.54 Å². The van der Waals surface area contributed by atoms with Gasteiger partial charge in [0, 0.05) is 25.4 Å². The van der Waals surface area contributed by atoms with E-state index in [4.69, 9.17) is 0 Å². The fraction of sp³-hybridized carbons (Fsp3) is 0.667. The lowest BCUT2D eigenvalue weighted by molar-refractivity contribution is -0.136. The molecule has 1 unspecified atom stereocenters. The van der Waals surface area contributed by atoms with Gasteiger partial charge >= 0.3 is 6.18 Å². The molecule has 1 N–H and O–H groups in total. The number of rotatable bonds is 6. The summed E-state index contributed by atoms with van der Waals surface area (Å²) in [6.45, 7) is 7.05. The lowest BCUT2D eigenvalue weighted by Gasteiger charge is -2.39. The Kier molecular flexibility index (Phi) is 5.59. The summed E-state index contributed by atoms with van der Waals surface area (Å²) >= 11 is 0. The largest absolute Gasteiger partial charge is 0.389 e. The highest BCUT2D eigenvalue weighted by Gasteiger charge is 2.61. The summed E-state index contributed by atoms with van der Waals surface area (Å²) in [6, 6.07) is 9.50. The van der Waals surface area contributed by atoms with Crippen molar-refractivity contribution in [2.24, 2.45) is 21.8 Å². The van der Waals surface area contributed by atoms with E-state index < -0.39 is 12.6 Å². The van der Waals surface area contributed by atoms with E-state index in [-0.39, 0.29) is 41.8 Å². The summed E-state index contributed by atoms with van der Waals surface area (Å²) in [7, 11) is 0. The molecule has 170 valence electrons. The summed E-state index contributed by atoms with van der Waals surface area (Å²) in [5.41, 5.74) is 1.65. The maximum absolute atomic E-state index is 13.1. The van der Waals surface area contributed by atoms with Crippen molar-refractivity contribution in [3.63, 3.8) is 0 Å². The van der Waals surface area contributed by atoms with Crippen LogP contribution in [-0.4, -0.2) is 35.4 Å². The number of hydrogen-bond donors (Lipinski definition) is 1. The van der Waals surface area contributed by atoms with E-state index in [0.717, 1.165) is 18.4 Å². The Morgan fingerprint density at radius 2 is 1.94 bits per heavy atom.